The van der Waals surface area contributed by atoms with Gasteiger partial charge in [-0.1, -0.05) is 0 Å². The summed E-state index contributed by atoms with van der Waals surface area (Å²) in [5.41, 5.74) is 1.16. The van der Waals surface area contributed by atoms with Crippen LogP contribution in [0.15, 0.2) is 41.5 Å². The van der Waals surface area contributed by atoms with E-state index in [2.05, 4.69) is 4.98 Å². The SMILES string of the molecule is O=c1c2sc(CCO)cc2ncn1-c1ccc(O)cc1. The Morgan fingerprint density at radius 2 is 2.00 bits per heavy atom. The standard InChI is InChI=1S/C14H12N2O3S/c17-6-5-11-7-12-13(20-11)14(19)16(8-15-12)9-1-3-10(18)4-2-9/h1-4,7-8,17-18H,5-6H2. The molecule has 3 rings (SSSR count). The minimum atomic E-state index is -0.144. The molecule has 0 spiro atoms. The molecule has 0 saturated heterocycles. The second-order valence-corrected chi connectivity index (χ2v) is 5.47. The number of benzene rings is 1. The summed E-state index contributed by atoms with van der Waals surface area (Å²) in [5, 5.41) is 18.2. The van der Waals surface area contributed by atoms with Gasteiger partial charge >= 0.3 is 0 Å². The van der Waals surface area contributed by atoms with Gasteiger partial charge in [-0.2, -0.15) is 0 Å². The van der Waals surface area contributed by atoms with Crippen LogP contribution in [0.5, 0.6) is 5.75 Å². The largest absolute Gasteiger partial charge is 0.508 e. The Labute approximate surface area is 118 Å². The molecule has 0 amide bonds. The Morgan fingerprint density at radius 1 is 1.25 bits per heavy atom. The van der Waals surface area contributed by atoms with Gasteiger partial charge in [-0.05, 0) is 30.3 Å². The van der Waals surface area contributed by atoms with Crippen molar-refractivity contribution in [2.75, 3.05) is 6.61 Å². The Kier molecular flexibility index (Phi) is 3.25. The molecule has 1 aromatic carbocycles. The highest BCUT2D eigenvalue weighted by Crippen LogP contribution is 2.22. The van der Waals surface area contributed by atoms with Crippen molar-refractivity contribution < 1.29 is 10.2 Å². The van der Waals surface area contributed by atoms with Crippen LogP contribution >= 0.6 is 11.3 Å². The normalized spacial score (nSPS) is 11.1. The van der Waals surface area contributed by atoms with Gasteiger partial charge in [0.25, 0.3) is 5.56 Å². The summed E-state index contributed by atoms with van der Waals surface area (Å²) < 4.78 is 2.02. The third-order valence-electron chi connectivity index (χ3n) is 2.97. The molecule has 2 aromatic heterocycles. The highest BCUT2D eigenvalue weighted by Gasteiger charge is 2.10. The Bertz CT molecular complexity index is 805. The van der Waals surface area contributed by atoms with Gasteiger partial charge in [0.2, 0.25) is 0 Å². The van der Waals surface area contributed by atoms with E-state index in [0.29, 0.717) is 22.3 Å². The summed E-state index contributed by atoms with van der Waals surface area (Å²) in [6.07, 6.45) is 2.01. The molecular formula is C14H12N2O3S. The van der Waals surface area contributed by atoms with Crippen molar-refractivity contribution in [3.8, 4) is 11.4 Å². The summed E-state index contributed by atoms with van der Waals surface area (Å²) in [6.45, 7) is 0.0545. The average molecular weight is 288 g/mol. The number of hydrogen-bond acceptors (Lipinski definition) is 5. The van der Waals surface area contributed by atoms with Crippen LogP contribution in [0, 0.1) is 0 Å². The Balaban J connectivity index is 2.15. The lowest BCUT2D eigenvalue weighted by Gasteiger charge is -2.04. The molecule has 2 heterocycles. The number of thiophene rings is 1. The predicted octanol–water partition coefficient (Wildman–Crippen LogP) is 1.69. The lowest BCUT2D eigenvalue weighted by molar-refractivity contribution is 0.300. The van der Waals surface area contributed by atoms with Gasteiger partial charge < -0.3 is 10.2 Å². The van der Waals surface area contributed by atoms with Crippen LogP contribution in [-0.2, 0) is 6.42 Å². The van der Waals surface area contributed by atoms with Crippen molar-refractivity contribution in [3.63, 3.8) is 0 Å². The number of phenolic OH excluding ortho intramolecular Hbond substituents is 1. The van der Waals surface area contributed by atoms with E-state index in [9.17, 15) is 9.90 Å². The second kappa shape index (κ2) is 5.07. The van der Waals surface area contributed by atoms with Crippen molar-refractivity contribution >= 4 is 21.6 Å². The van der Waals surface area contributed by atoms with Crippen molar-refractivity contribution in [3.05, 3.63) is 51.9 Å². The quantitative estimate of drug-likeness (QED) is 0.769. The summed E-state index contributed by atoms with van der Waals surface area (Å²) in [4.78, 5) is 17.7. The van der Waals surface area contributed by atoms with E-state index in [1.807, 2.05) is 6.07 Å². The van der Waals surface area contributed by atoms with Gasteiger partial charge in [0.15, 0.2) is 0 Å². The van der Waals surface area contributed by atoms with Crippen molar-refractivity contribution in [1.29, 1.82) is 0 Å². The van der Waals surface area contributed by atoms with Crippen LogP contribution < -0.4 is 5.56 Å². The molecule has 0 atom stereocenters. The molecule has 0 unspecified atom stereocenters. The zero-order chi connectivity index (χ0) is 14.1. The molecule has 0 aliphatic rings. The fraction of sp³-hybridized carbons (Fsp3) is 0.143. The first-order chi connectivity index (χ1) is 9.69. The number of fused-ring (bicyclic) bond motifs is 1. The number of aliphatic hydroxyl groups is 1. The van der Waals surface area contributed by atoms with Crippen LogP contribution in [0.4, 0.5) is 0 Å². The van der Waals surface area contributed by atoms with Gasteiger partial charge in [-0.25, -0.2) is 4.98 Å². The first-order valence-electron chi connectivity index (χ1n) is 6.09. The van der Waals surface area contributed by atoms with Crippen molar-refractivity contribution in [1.82, 2.24) is 9.55 Å². The smallest absolute Gasteiger partial charge is 0.275 e. The van der Waals surface area contributed by atoms with E-state index in [-0.39, 0.29) is 17.9 Å². The molecule has 0 bridgehead atoms. The fourth-order valence-corrected chi connectivity index (χ4v) is 3.02. The zero-order valence-corrected chi connectivity index (χ0v) is 11.3. The molecule has 0 fully saturated rings. The van der Waals surface area contributed by atoms with Gasteiger partial charge in [0.1, 0.15) is 16.8 Å². The maximum absolute atomic E-state index is 12.4. The summed E-state index contributed by atoms with van der Waals surface area (Å²) >= 11 is 1.36. The molecule has 20 heavy (non-hydrogen) atoms. The van der Waals surface area contributed by atoms with Crippen LogP contribution in [0.1, 0.15) is 4.88 Å². The topological polar surface area (TPSA) is 75.3 Å². The van der Waals surface area contributed by atoms with E-state index >= 15 is 0 Å². The predicted molar refractivity (Wildman–Crippen MR) is 77.7 cm³/mol. The number of rotatable bonds is 3. The molecule has 6 heteroatoms. The van der Waals surface area contributed by atoms with E-state index in [0.717, 1.165) is 4.88 Å². The number of nitrogens with zero attached hydrogens (tertiary/aromatic N) is 2. The highest BCUT2D eigenvalue weighted by molar-refractivity contribution is 7.18. The monoisotopic (exact) mass is 288 g/mol. The van der Waals surface area contributed by atoms with E-state index in [1.54, 1.807) is 12.1 Å². The zero-order valence-electron chi connectivity index (χ0n) is 10.5. The molecule has 0 radical (unpaired) electrons. The van der Waals surface area contributed by atoms with Gasteiger partial charge in [-0.3, -0.25) is 9.36 Å². The molecule has 5 nitrogen and oxygen atoms in total. The lowest BCUT2D eigenvalue weighted by Crippen LogP contribution is -2.17. The third-order valence-corrected chi connectivity index (χ3v) is 4.15. The lowest BCUT2D eigenvalue weighted by atomic mass is 10.3. The van der Waals surface area contributed by atoms with Crippen molar-refractivity contribution in [2.45, 2.75) is 6.42 Å². The minimum absolute atomic E-state index is 0.0545. The molecule has 102 valence electrons. The Morgan fingerprint density at radius 3 is 2.70 bits per heavy atom. The summed E-state index contributed by atoms with van der Waals surface area (Å²) in [6, 6.07) is 8.20. The van der Waals surface area contributed by atoms with E-state index in [4.69, 9.17) is 5.11 Å². The fourth-order valence-electron chi connectivity index (χ4n) is 1.99. The van der Waals surface area contributed by atoms with Gasteiger partial charge in [0.05, 0.1) is 11.2 Å². The number of aromatic nitrogens is 2. The van der Waals surface area contributed by atoms with Crippen LogP contribution in [0.2, 0.25) is 0 Å². The van der Waals surface area contributed by atoms with Crippen LogP contribution in [0.25, 0.3) is 15.9 Å². The number of aliphatic hydroxyl groups excluding tert-OH is 1. The summed E-state index contributed by atoms with van der Waals surface area (Å²) in [5.74, 6) is 0.150. The van der Waals surface area contributed by atoms with Crippen LogP contribution in [-0.4, -0.2) is 26.4 Å². The maximum atomic E-state index is 12.4. The third kappa shape index (κ3) is 2.19. The van der Waals surface area contributed by atoms with E-state index < -0.39 is 0 Å². The molecular weight excluding hydrogens is 276 g/mol. The average Bonchev–Trinajstić information content (AvgIpc) is 2.85. The number of phenols is 1. The summed E-state index contributed by atoms with van der Waals surface area (Å²) in [7, 11) is 0. The van der Waals surface area contributed by atoms with Gasteiger partial charge in [0, 0.05) is 17.9 Å². The molecule has 2 N–H and O–H groups in total. The van der Waals surface area contributed by atoms with Gasteiger partial charge in [-0.15, -0.1) is 11.3 Å². The first kappa shape index (κ1) is 12.8. The first-order valence-corrected chi connectivity index (χ1v) is 6.91. The molecule has 3 aromatic rings. The van der Waals surface area contributed by atoms with Crippen molar-refractivity contribution in [2.24, 2.45) is 0 Å². The molecule has 0 aliphatic heterocycles. The second-order valence-electron chi connectivity index (χ2n) is 4.34. The minimum Gasteiger partial charge on any atom is -0.508 e. The van der Waals surface area contributed by atoms with E-state index in [1.165, 1.54) is 34.4 Å². The number of aromatic hydroxyl groups is 1. The van der Waals surface area contributed by atoms with Crippen LogP contribution in [0.3, 0.4) is 0 Å². The molecule has 0 saturated carbocycles. The molecule has 0 aliphatic carbocycles. The Hall–Kier alpha value is -2.18. The maximum Gasteiger partial charge on any atom is 0.275 e. The number of hydrogen-bond donors (Lipinski definition) is 2. The highest BCUT2D eigenvalue weighted by atomic mass is 32.1.